The summed E-state index contributed by atoms with van der Waals surface area (Å²) >= 11 is 0. The van der Waals surface area contributed by atoms with Gasteiger partial charge in [-0.05, 0) is 61.2 Å². The zero-order valence-electron chi connectivity index (χ0n) is 28.7. The summed E-state index contributed by atoms with van der Waals surface area (Å²) in [5.41, 5.74) is 12.7. The molecular formula is C37H35N3O11. The van der Waals surface area contributed by atoms with E-state index in [0.29, 0.717) is 38.2 Å². The van der Waals surface area contributed by atoms with Crippen molar-refractivity contribution in [1.29, 1.82) is 0 Å². The maximum atomic E-state index is 14.0. The molecule has 6 aromatic rings. The molecule has 3 aromatic carbocycles. The Hall–Kier alpha value is -6.12. The fourth-order valence-electron chi connectivity index (χ4n) is 5.77. The molecule has 264 valence electrons. The van der Waals surface area contributed by atoms with Gasteiger partial charge in [0, 0.05) is 40.4 Å². The number of rotatable bonds is 10. The third-order valence-electron chi connectivity index (χ3n) is 8.26. The highest BCUT2D eigenvalue weighted by Crippen LogP contribution is 2.46. The Balaban J connectivity index is 1.76. The van der Waals surface area contributed by atoms with Crippen LogP contribution < -0.4 is 45.5 Å². The van der Waals surface area contributed by atoms with Crippen LogP contribution in [0.2, 0.25) is 0 Å². The summed E-state index contributed by atoms with van der Waals surface area (Å²) in [6, 6.07) is 11.3. The zero-order chi connectivity index (χ0) is 36.7. The molecule has 0 amide bonds. The minimum atomic E-state index is -0.926. The van der Waals surface area contributed by atoms with Gasteiger partial charge >= 0.3 is 23.5 Å². The van der Waals surface area contributed by atoms with Gasteiger partial charge in [-0.2, -0.15) is 0 Å². The number of fused-ring (bicyclic) bond motifs is 7. The van der Waals surface area contributed by atoms with Gasteiger partial charge in [-0.15, -0.1) is 0 Å². The van der Waals surface area contributed by atoms with E-state index in [-0.39, 0.29) is 52.0 Å². The van der Waals surface area contributed by atoms with E-state index < -0.39 is 35.6 Å². The van der Waals surface area contributed by atoms with Gasteiger partial charge < -0.3 is 48.7 Å². The minimum Gasteiger partial charge on any atom is -0.493 e. The molecule has 0 saturated carbocycles. The van der Waals surface area contributed by atoms with Gasteiger partial charge in [-0.25, -0.2) is 14.4 Å². The van der Waals surface area contributed by atoms with Crippen LogP contribution in [0.15, 0.2) is 63.9 Å². The summed E-state index contributed by atoms with van der Waals surface area (Å²) in [6.45, 7) is 4.67. The lowest BCUT2D eigenvalue weighted by Crippen LogP contribution is -2.31. The molecule has 0 aliphatic rings. The van der Waals surface area contributed by atoms with E-state index in [1.54, 1.807) is 60.0 Å². The molecule has 3 heterocycles. The van der Waals surface area contributed by atoms with Gasteiger partial charge in [0.05, 0.1) is 26.8 Å². The van der Waals surface area contributed by atoms with Crippen LogP contribution in [0, 0.1) is 0 Å². The first-order chi connectivity index (χ1) is 24.4. The second kappa shape index (κ2) is 13.7. The molecule has 0 spiro atoms. The number of carbonyl (C=O) groups is 3. The van der Waals surface area contributed by atoms with Crippen LogP contribution in [-0.2, 0) is 14.4 Å². The molecule has 2 atom stereocenters. The first-order valence-corrected chi connectivity index (χ1v) is 15.9. The van der Waals surface area contributed by atoms with Crippen molar-refractivity contribution in [2.24, 2.45) is 11.5 Å². The molecule has 0 aliphatic heterocycles. The van der Waals surface area contributed by atoms with Gasteiger partial charge in [0.15, 0.2) is 34.5 Å². The number of nitrogens with two attached hydrogens (primary N) is 2. The summed E-state index contributed by atoms with van der Waals surface area (Å²) in [5.74, 6) is -0.768. The maximum absolute atomic E-state index is 14.0. The largest absolute Gasteiger partial charge is 0.493 e. The predicted molar refractivity (Wildman–Crippen MR) is 188 cm³/mol. The van der Waals surface area contributed by atoms with Crippen LogP contribution in [-0.4, -0.2) is 55.7 Å². The predicted octanol–water partition coefficient (Wildman–Crippen LogP) is 4.87. The van der Waals surface area contributed by atoms with Gasteiger partial charge in [-0.1, -0.05) is 13.0 Å². The second-order valence-electron chi connectivity index (χ2n) is 11.7. The molecule has 6 rings (SSSR count). The van der Waals surface area contributed by atoms with Crippen molar-refractivity contribution >= 4 is 56.1 Å². The number of hydrogen-bond acceptors (Lipinski definition) is 13. The summed E-state index contributed by atoms with van der Waals surface area (Å²) < 4.78 is 41.0. The number of aromatic nitrogens is 1. The van der Waals surface area contributed by atoms with Crippen molar-refractivity contribution < 1.29 is 47.2 Å². The number of carbonyl (C=O) groups excluding carboxylic acids is 3. The van der Waals surface area contributed by atoms with Crippen LogP contribution in [0.1, 0.15) is 27.2 Å². The first kappa shape index (κ1) is 34.7. The Labute approximate surface area is 290 Å². The summed E-state index contributed by atoms with van der Waals surface area (Å²) in [7, 11) is 4.29. The standard InChI is InChI=1S/C37H35N3O11/c1-7-30(41)48-28-12-19-10-11-40-33(21(19)14-26(28)46-5)31(20-8-9-23(25(13-20)45-4)49-35(42)17(2)38)32-22-15-27(47-6)29(51-36(43)18(3)39)16-24(22)50-37(44)34(32)40/h8-18H,7,38-39H2,1-6H3/t17?,18-/m0/s1. The molecular weight excluding hydrogens is 662 g/mol. The highest BCUT2D eigenvalue weighted by atomic mass is 16.6. The second-order valence-corrected chi connectivity index (χ2v) is 11.7. The van der Waals surface area contributed by atoms with E-state index in [9.17, 15) is 19.2 Å². The Morgan fingerprint density at radius 3 is 1.92 bits per heavy atom. The van der Waals surface area contributed by atoms with E-state index in [1.807, 2.05) is 0 Å². The van der Waals surface area contributed by atoms with Crippen molar-refractivity contribution in [3.05, 3.63) is 65.1 Å². The fraction of sp³-hybridized carbons (Fsp3) is 0.243. The van der Waals surface area contributed by atoms with E-state index in [0.717, 1.165) is 0 Å². The van der Waals surface area contributed by atoms with E-state index >= 15 is 0 Å². The third kappa shape index (κ3) is 6.15. The lowest BCUT2D eigenvalue weighted by molar-refractivity contribution is -0.136. The summed E-state index contributed by atoms with van der Waals surface area (Å²) in [4.78, 5) is 51.0. The van der Waals surface area contributed by atoms with Crippen molar-refractivity contribution in [1.82, 2.24) is 4.40 Å². The maximum Gasteiger partial charge on any atom is 0.361 e. The van der Waals surface area contributed by atoms with Crippen LogP contribution >= 0.6 is 0 Å². The molecule has 0 bridgehead atoms. The van der Waals surface area contributed by atoms with Gasteiger partial charge in [0.2, 0.25) is 0 Å². The quantitative estimate of drug-likeness (QED) is 0.112. The van der Waals surface area contributed by atoms with Crippen molar-refractivity contribution in [2.75, 3.05) is 21.3 Å². The van der Waals surface area contributed by atoms with Crippen molar-refractivity contribution in [2.45, 2.75) is 39.3 Å². The zero-order valence-corrected chi connectivity index (χ0v) is 28.7. The molecule has 14 nitrogen and oxygen atoms in total. The molecule has 0 saturated heterocycles. The van der Waals surface area contributed by atoms with Crippen LogP contribution in [0.4, 0.5) is 0 Å². The Morgan fingerprint density at radius 1 is 0.725 bits per heavy atom. The Morgan fingerprint density at radius 2 is 1.31 bits per heavy atom. The van der Waals surface area contributed by atoms with Crippen molar-refractivity contribution in [3.8, 4) is 45.6 Å². The highest BCUT2D eigenvalue weighted by molar-refractivity contribution is 6.22. The lowest BCUT2D eigenvalue weighted by Gasteiger charge is -2.14. The number of ether oxygens (including phenoxy) is 6. The molecule has 0 radical (unpaired) electrons. The van der Waals surface area contributed by atoms with Gasteiger partial charge in [0.1, 0.15) is 23.2 Å². The van der Waals surface area contributed by atoms with E-state index in [4.69, 9.17) is 44.3 Å². The third-order valence-corrected chi connectivity index (χ3v) is 8.26. The fourth-order valence-corrected chi connectivity index (χ4v) is 5.77. The van der Waals surface area contributed by atoms with E-state index in [1.165, 1.54) is 41.2 Å². The number of methoxy groups -OCH3 is 3. The molecule has 1 unspecified atom stereocenters. The van der Waals surface area contributed by atoms with Crippen LogP contribution in [0.25, 0.3) is 49.3 Å². The van der Waals surface area contributed by atoms with Gasteiger partial charge in [0.25, 0.3) is 0 Å². The average Bonchev–Trinajstić information content (AvgIpc) is 3.47. The number of hydrogen-bond donors (Lipinski definition) is 2. The molecule has 51 heavy (non-hydrogen) atoms. The smallest absolute Gasteiger partial charge is 0.361 e. The topological polar surface area (TPSA) is 193 Å². The molecule has 3 aromatic heterocycles. The number of benzene rings is 3. The van der Waals surface area contributed by atoms with Crippen molar-refractivity contribution in [3.63, 3.8) is 0 Å². The highest BCUT2D eigenvalue weighted by Gasteiger charge is 2.26. The summed E-state index contributed by atoms with van der Waals surface area (Å²) in [5, 5.41) is 2.20. The molecule has 0 aliphatic carbocycles. The number of nitrogens with zero attached hydrogens (tertiary/aromatic N) is 1. The number of esters is 3. The molecule has 4 N–H and O–H groups in total. The lowest BCUT2D eigenvalue weighted by atomic mass is 9.97. The Bertz CT molecular complexity index is 2440. The van der Waals surface area contributed by atoms with Gasteiger partial charge in [-0.3, -0.25) is 4.79 Å². The molecule has 0 fully saturated rings. The normalized spacial score (nSPS) is 12.5. The SMILES string of the molecule is CCC(=O)Oc1cc2ccn3c(c(-c4ccc(OC(=O)C(C)N)c(OC)c4)c4c5cc(OC)c(OC(=O)[C@H](C)N)cc5oc(=O)c43)c2cc1OC. The number of pyridine rings is 1. The average molecular weight is 698 g/mol. The van der Waals surface area contributed by atoms with Crippen LogP contribution in [0.5, 0.6) is 34.5 Å². The summed E-state index contributed by atoms with van der Waals surface area (Å²) in [6.07, 6.45) is 1.86. The monoisotopic (exact) mass is 697 g/mol. The van der Waals surface area contributed by atoms with E-state index in [2.05, 4.69) is 0 Å². The molecule has 14 heteroatoms. The van der Waals surface area contributed by atoms with Crippen LogP contribution in [0.3, 0.4) is 0 Å². The first-order valence-electron chi connectivity index (χ1n) is 15.9. The Kier molecular flexibility index (Phi) is 9.30. The minimum absolute atomic E-state index is 0.00595.